The van der Waals surface area contributed by atoms with Crippen LogP contribution < -0.4 is 11.1 Å². The molecule has 0 saturated heterocycles. The van der Waals surface area contributed by atoms with Crippen LogP contribution in [0.2, 0.25) is 5.02 Å². The maximum Gasteiger partial charge on any atom is 0.420 e. The van der Waals surface area contributed by atoms with Crippen LogP contribution in [0.4, 0.5) is 5.69 Å². The van der Waals surface area contributed by atoms with E-state index in [1.807, 2.05) is 19.9 Å². The minimum absolute atomic E-state index is 0.354. The smallest absolute Gasteiger partial charge is 0.420 e. The number of ether oxygens (including phenoxy) is 1. The summed E-state index contributed by atoms with van der Waals surface area (Å²) in [5.74, 6) is -1.92. The first kappa shape index (κ1) is 18.7. The van der Waals surface area contributed by atoms with E-state index in [9.17, 15) is 14.4 Å². The Morgan fingerprint density at radius 3 is 2.70 bits per heavy atom. The molecule has 1 heterocycles. The molecule has 3 aromatic rings. The molecule has 0 aliphatic carbocycles. The normalized spacial score (nSPS) is 10.8. The minimum atomic E-state index is -0.731. The first-order chi connectivity index (χ1) is 12.8. The fourth-order valence-electron chi connectivity index (χ4n) is 2.73. The Labute approximate surface area is 159 Å². The molecule has 140 valence electrons. The van der Waals surface area contributed by atoms with Crippen LogP contribution in [-0.4, -0.2) is 23.1 Å². The van der Waals surface area contributed by atoms with Crippen molar-refractivity contribution >= 4 is 40.3 Å². The summed E-state index contributed by atoms with van der Waals surface area (Å²) in [7, 11) is 0. The number of benzene rings is 2. The number of hydrogen-bond acceptors (Lipinski definition) is 5. The second kappa shape index (κ2) is 7.67. The average molecular weight is 389 g/mol. The lowest BCUT2D eigenvalue weighted by molar-refractivity contribution is -0.147. The third kappa shape index (κ3) is 4.20. The van der Waals surface area contributed by atoms with Gasteiger partial charge in [0.25, 0.3) is 5.91 Å². The van der Waals surface area contributed by atoms with Gasteiger partial charge in [0.05, 0.1) is 16.2 Å². The van der Waals surface area contributed by atoms with Crippen molar-refractivity contribution in [3.8, 4) is 0 Å². The topological polar surface area (TPSA) is 90.5 Å². The monoisotopic (exact) mass is 388 g/mol. The van der Waals surface area contributed by atoms with Gasteiger partial charge >= 0.3 is 11.7 Å². The van der Waals surface area contributed by atoms with E-state index in [-0.39, 0.29) is 6.54 Å². The molecular weight excluding hydrogens is 372 g/mol. The van der Waals surface area contributed by atoms with Gasteiger partial charge in [-0.2, -0.15) is 0 Å². The highest BCUT2D eigenvalue weighted by molar-refractivity contribution is 6.34. The maximum absolute atomic E-state index is 12.1. The molecule has 1 amide bonds. The van der Waals surface area contributed by atoms with Gasteiger partial charge in [-0.15, -0.1) is 0 Å². The van der Waals surface area contributed by atoms with Crippen LogP contribution in [0.1, 0.15) is 11.1 Å². The number of aryl methyl sites for hydroxylation is 2. The largest absolute Gasteiger partial charge is 0.454 e. The molecule has 0 unspecified atom stereocenters. The van der Waals surface area contributed by atoms with Crippen molar-refractivity contribution in [1.29, 1.82) is 0 Å². The summed E-state index contributed by atoms with van der Waals surface area (Å²) < 4.78 is 11.2. The molecule has 0 atom stereocenters. The second-order valence-corrected chi connectivity index (χ2v) is 6.48. The molecule has 0 radical (unpaired) electrons. The van der Waals surface area contributed by atoms with Crippen molar-refractivity contribution in [1.82, 2.24) is 4.57 Å². The SMILES string of the molecule is Cc1cc(C)c(NC(=O)COC(=O)Cn2c(=O)oc3ccccc32)c(Cl)c1. The van der Waals surface area contributed by atoms with Crippen LogP contribution in [0.5, 0.6) is 0 Å². The molecule has 8 heteroatoms. The number of aromatic nitrogens is 1. The Balaban J connectivity index is 1.61. The lowest BCUT2D eigenvalue weighted by Crippen LogP contribution is -2.26. The van der Waals surface area contributed by atoms with Crippen molar-refractivity contribution in [3.63, 3.8) is 0 Å². The molecule has 0 aliphatic rings. The first-order valence-corrected chi connectivity index (χ1v) is 8.53. The molecule has 0 aliphatic heterocycles. The predicted molar refractivity (Wildman–Crippen MR) is 101 cm³/mol. The number of hydrogen-bond donors (Lipinski definition) is 1. The van der Waals surface area contributed by atoms with Crippen LogP contribution in [0, 0.1) is 13.8 Å². The zero-order valence-electron chi connectivity index (χ0n) is 14.7. The van der Waals surface area contributed by atoms with Crippen molar-refractivity contribution < 1.29 is 18.7 Å². The number of fused-ring (bicyclic) bond motifs is 1. The molecule has 27 heavy (non-hydrogen) atoms. The van der Waals surface area contributed by atoms with E-state index >= 15 is 0 Å². The third-order valence-corrected chi connectivity index (χ3v) is 4.22. The highest BCUT2D eigenvalue weighted by Crippen LogP contribution is 2.27. The summed E-state index contributed by atoms with van der Waals surface area (Å²) in [4.78, 5) is 35.9. The summed E-state index contributed by atoms with van der Waals surface area (Å²) in [6, 6.07) is 10.3. The number of halogens is 1. The zero-order valence-corrected chi connectivity index (χ0v) is 15.5. The summed E-state index contributed by atoms with van der Waals surface area (Å²) in [5, 5.41) is 3.03. The molecule has 0 fully saturated rings. The number of carbonyl (C=O) groups is 2. The molecular formula is C19H17ClN2O5. The van der Waals surface area contributed by atoms with E-state index in [0.717, 1.165) is 15.7 Å². The number of anilines is 1. The van der Waals surface area contributed by atoms with Gasteiger partial charge in [0.15, 0.2) is 12.2 Å². The van der Waals surface area contributed by atoms with E-state index in [1.54, 1.807) is 30.3 Å². The maximum atomic E-state index is 12.1. The number of oxazole rings is 1. The van der Waals surface area contributed by atoms with Crippen molar-refractivity contribution in [3.05, 3.63) is 63.1 Å². The third-order valence-electron chi connectivity index (χ3n) is 3.92. The van der Waals surface area contributed by atoms with E-state index < -0.39 is 24.2 Å². The van der Waals surface area contributed by atoms with E-state index in [0.29, 0.717) is 21.8 Å². The number of carbonyl (C=O) groups excluding carboxylic acids is 2. The van der Waals surface area contributed by atoms with E-state index in [1.165, 1.54) is 0 Å². The molecule has 1 aromatic heterocycles. The number of nitrogens with zero attached hydrogens (tertiary/aromatic N) is 1. The number of esters is 1. The van der Waals surface area contributed by atoms with Gasteiger partial charge in [-0.05, 0) is 43.2 Å². The van der Waals surface area contributed by atoms with Crippen LogP contribution in [0.3, 0.4) is 0 Å². The Hall–Kier alpha value is -3.06. The lowest BCUT2D eigenvalue weighted by atomic mass is 10.1. The summed E-state index contributed by atoms with van der Waals surface area (Å²) in [6.07, 6.45) is 0. The summed E-state index contributed by atoms with van der Waals surface area (Å²) in [6.45, 7) is 2.87. The Morgan fingerprint density at radius 1 is 1.22 bits per heavy atom. The van der Waals surface area contributed by atoms with Gasteiger partial charge in [0.2, 0.25) is 0 Å². The second-order valence-electron chi connectivity index (χ2n) is 6.07. The molecule has 0 spiro atoms. The number of para-hydroxylation sites is 2. The van der Waals surface area contributed by atoms with Crippen molar-refractivity contribution in [2.75, 3.05) is 11.9 Å². The number of nitrogens with one attached hydrogen (secondary N) is 1. The van der Waals surface area contributed by atoms with Gasteiger partial charge in [0.1, 0.15) is 6.54 Å². The number of amides is 1. The molecule has 7 nitrogen and oxygen atoms in total. The predicted octanol–water partition coefficient (Wildman–Crippen LogP) is 3.05. The standard InChI is InChI=1S/C19H17ClN2O5/c1-11-7-12(2)18(13(20)8-11)21-16(23)10-26-17(24)9-22-14-5-3-4-6-15(14)27-19(22)25/h3-8H,9-10H2,1-2H3,(H,21,23). The van der Waals surface area contributed by atoms with Gasteiger partial charge in [-0.3, -0.25) is 14.2 Å². The van der Waals surface area contributed by atoms with Gasteiger partial charge < -0.3 is 14.5 Å². The molecule has 3 rings (SSSR count). The average Bonchev–Trinajstić information content (AvgIpc) is 2.92. The van der Waals surface area contributed by atoms with Crippen LogP contribution >= 0.6 is 11.6 Å². The van der Waals surface area contributed by atoms with Crippen molar-refractivity contribution in [2.45, 2.75) is 20.4 Å². The zero-order chi connectivity index (χ0) is 19.6. The molecule has 2 aromatic carbocycles. The van der Waals surface area contributed by atoms with Gasteiger partial charge in [-0.1, -0.05) is 29.8 Å². The number of rotatable bonds is 5. The Bertz CT molecular complexity index is 1060. The highest BCUT2D eigenvalue weighted by atomic mass is 35.5. The summed E-state index contributed by atoms with van der Waals surface area (Å²) >= 11 is 6.14. The first-order valence-electron chi connectivity index (χ1n) is 8.16. The van der Waals surface area contributed by atoms with E-state index in [2.05, 4.69) is 5.32 Å². The Morgan fingerprint density at radius 2 is 1.96 bits per heavy atom. The van der Waals surface area contributed by atoms with Crippen molar-refractivity contribution in [2.24, 2.45) is 0 Å². The lowest BCUT2D eigenvalue weighted by Gasteiger charge is -2.12. The van der Waals surface area contributed by atoms with Crippen LogP contribution in [0.15, 0.2) is 45.6 Å². The van der Waals surface area contributed by atoms with Crippen LogP contribution in [-0.2, 0) is 20.9 Å². The molecule has 0 saturated carbocycles. The molecule has 0 bridgehead atoms. The van der Waals surface area contributed by atoms with Crippen LogP contribution in [0.25, 0.3) is 11.1 Å². The fourth-order valence-corrected chi connectivity index (χ4v) is 3.10. The molecule has 1 N–H and O–H groups in total. The highest BCUT2D eigenvalue weighted by Gasteiger charge is 2.15. The van der Waals surface area contributed by atoms with E-state index in [4.69, 9.17) is 20.8 Å². The minimum Gasteiger partial charge on any atom is -0.454 e. The summed E-state index contributed by atoms with van der Waals surface area (Å²) in [5.41, 5.74) is 3.10. The quantitative estimate of drug-likeness (QED) is 0.678. The van der Waals surface area contributed by atoms with Gasteiger partial charge in [-0.25, -0.2) is 4.79 Å². The van der Waals surface area contributed by atoms with Gasteiger partial charge in [0, 0.05) is 0 Å². The Kier molecular flexibility index (Phi) is 5.32. The fraction of sp³-hybridized carbons (Fsp3) is 0.211.